The summed E-state index contributed by atoms with van der Waals surface area (Å²) in [6.45, 7) is 1.84. The van der Waals surface area contributed by atoms with Gasteiger partial charge in [0.25, 0.3) is 5.91 Å². The Morgan fingerprint density at radius 3 is 2.77 bits per heavy atom. The smallest absolute Gasteiger partial charge is 0.334 e. The number of ether oxygens (including phenoxy) is 1. The van der Waals surface area contributed by atoms with E-state index in [-0.39, 0.29) is 6.54 Å². The summed E-state index contributed by atoms with van der Waals surface area (Å²) in [5.41, 5.74) is 2.26. The van der Waals surface area contributed by atoms with Crippen LogP contribution in [0.25, 0.3) is 5.69 Å². The first-order chi connectivity index (χ1) is 10.5. The normalized spacial score (nSPS) is 11.9. The molecule has 0 saturated carbocycles. The summed E-state index contributed by atoms with van der Waals surface area (Å²) in [6, 6.07) is 7.66. The number of aromatic nitrogens is 2. The maximum Gasteiger partial charge on any atom is 0.334 e. The van der Waals surface area contributed by atoms with E-state index >= 15 is 0 Å². The van der Waals surface area contributed by atoms with Gasteiger partial charge in [0.1, 0.15) is 0 Å². The Morgan fingerprint density at radius 2 is 2.14 bits per heavy atom. The third kappa shape index (κ3) is 3.50. The van der Waals surface area contributed by atoms with Crippen molar-refractivity contribution in [1.82, 2.24) is 15.1 Å². The zero-order valence-corrected chi connectivity index (χ0v) is 12.3. The van der Waals surface area contributed by atoms with E-state index in [1.807, 2.05) is 31.2 Å². The Balaban J connectivity index is 2.07. The maximum absolute atomic E-state index is 12.0. The molecule has 2 N–H and O–H groups in total. The van der Waals surface area contributed by atoms with Gasteiger partial charge < -0.3 is 15.2 Å². The number of carbonyl (C=O) groups is 2. The number of carbonyl (C=O) groups excluding carboxylic acids is 1. The highest BCUT2D eigenvalue weighted by molar-refractivity contribution is 5.94. The van der Waals surface area contributed by atoms with Crippen LogP contribution in [0, 0.1) is 6.92 Å². The Morgan fingerprint density at radius 1 is 1.41 bits per heavy atom. The van der Waals surface area contributed by atoms with E-state index in [9.17, 15) is 9.59 Å². The van der Waals surface area contributed by atoms with E-state index < -0.39 is 18.0 Å². The maximum atomic E-state index is 12.0. The lowest BCUT2D eigenvalue weighted by Gasteiger charge is -2.10. The van der Waals surface area contributed by atoms with Crippen LogP contribution in [0.5, 0.6) is 0 Å². The summed E-state index contributed by atoms with van der Waals surface area (Å²) >= 11 is 0. The number of methoxy groups -OCH3 is 1. The number of benzene rings is 1. The van der Waals surface area contributed by atoms with Crippen LogP contribution >= 0.6 is 0 Å². The largest absolute Gasteiger partial charge is 0.479 e. The van der Waals surface area contributed by atoms with Crippen LogP contribution in [0.2, 0.25) is 0 Å². The fourth-order valence-corrected chi connectivity index (χ4v) is 1.95. The second-order valence-electron chi connectivity index (χ2n) is 4.73. The molecule has 1 heterocycles. The quantitative estimate of drug-likeness (QED) is 0.830. The minimum Gasteiger partial charge on any atom is -0.479 e. The van der Waals surface area contributed by atoms with Gasteiger partial charge in [-0.15, -0.1) is 0 Å². The average molecular weight is 303 g/mol. The van der Waals surface area contributed by atoms with Gasteiger partial charge in [-0.2, -0.15) is 5.10 Å². The van der Waals surface area contributed by atoms with Crippen LogP contribution in [0.1, 0.15) is 15.9 Å². The molecular weight excluding hydrogens is 286 g/mol. The number of aliphatic carboxylic acids is 1. The molecule has 2 aromatic rings. The first-order valence-corrected chi connectivity index (χ1v) is 6.67. The second kappa shape index (κ2) is 6.86. The first kappa shape index (κ1) is 15.7. The lowest BCUT2D eigenvalue weighted by atomic mass is 10.2. The highest BCUT2D eigenvalue weighted by Gasteiger charge is 2.18. The molecule has 1 atom stereocenters. The zero-order valence-electron chi connectivity index (χ0n) is 12.3. The minimum absolute atomic E-state index is 0.111. The highest BCUT2D eigenvalue weighted by atomic mass is 16.5. The van der Waals surface area contributed by atoms with Gasteiger partial charge in [0.2, 0.25) is 0 Å². The molecule has 1 aromatic heterocycles. The summed E-state index contributed by atoms with van der Waals surface area (Å²) in [5.74, 6) is -1.53. The standard InChI is InChI=1S/C15H17N3O4/c1-10-5-3-4-6-12(10)18-9-11(7-17-18)14(19)16-8-13(22-2)15(20)21/h3-7,9,13H,8H2,1-2H3,(H,16,19)(H,20,21). The van der Waals surface area contributed by atoms with Crippen molar-refractivity contribution in [2.24, 2.45) is 0 Å². The van der Waals surface area contributed by atoms with Gasteiger partial charge in [-0.1, -0.05) is 18.2 Å². The van der Waals surface area contributed by atoms with E-state index in [1.54, 1.807) is 10.9 Å². The molecule has 1 amide bonds. The van der Waals surface area contributed by atoms with E-state index in [0.29, 0.717) is 5.56 Å². The molecule has 7 heteroatoms. The molecular formula is C15H17N3O4. The van der Waals surface area contributed by atoms with Crippen molar-refractivity contribution in [3.8, 4) is 5.69 Å². The summed E-state index contributed by atoms with van der Waals surface area (Å²) in [5, 5.41) is 15.5. The Kier molecular flexibility index (Phi) is 4.90. The number of amides is 1. The van der Waals surface area contributed by atoms with Gasteiger partial charge in [0.15, 0.2) is 6.10 Å². The van der Waals surface area contributed by atoms with Crippen molar-refractivity contribution >= 4 is 11.9 Å². The number of hydrogen-bond acceptors (Lipinski definition) is 4. The van der Waals surface area contributed by atoms with E-state index in [1.165, 1.54) is 13.3 Å². The molecule has 116 valence electrons. The summed E-state index contributed by atoms with van der Waals surface area (Å²) in [7, 11) is 1.28. The van der Waals surface area contributed by atoms with Crippen molar-refractivity contribution < 1.29 is 19.4 Å². The van der Waals surface area contributed by atoms with Crippen molar-refractivity contribution in [2.75, 3.05) is 13.7 Å². The predicted octanol–water partition coefficient (Wildman–Crippen LogP) is 1.01. The van der Waals surface area contributed by atoms with Crippen LogP contribution in [0.15, 0.2) is 36.7 Å². The summed E-state index contributed by atoms with van der Waals surface area (Å²) in [4.78, 5) is 22.8. The van der Waals surface area contributed by atoms with Crippen molar-refractivity contribution in [3.05, 3.63) is 47.8 Å². The van der Waals surface area contributed by atoms with Gasteiger partial charge in [0.05, 0.1) is 24.0 Å². The molecule has 0 fully saturated rings. The second-order valence-corrected chi connectivity index (χ2v) is 4.73. The predicted molar refractivity (Wildman–Crippen MR) is 79.1 cm³/mol. The third-order valence-corrected chi connectivity index (χ3v) is 3.22. The topological polar surface area (TPSA) is 93.5 Å². The third-order valence-electron chi connectivity index (χ3n) is 3.22. The molecule has 0 aliphatic rings. The van der Waals surface area contributed by atoms with E-state index in [4.69, 9.17) is 9.84 Å². The Hall–Kier alpha value is -2.67. The fourth-order valence-electron chi connectivity index (χ4n) is 1.95. The Labute approximate surface area is 127 Å². The van der Waals surface area contributed by atoms with Crippen LogP contribution in [0.3, 0.4) is 0 Å². The number of aryl methyl sites for hydroxylation is 1. The first-order valence-electron chi connectivity index (χ1n) is 6.67. The van der Waals surface area contributed by atoms with Gasteiger partial charge >= 0.3 is 5.97 Å². The fraction of sp³-hybridized carbons (Fsp3) is 0.267. The zero-order chi connectivity index (χ0) is 16.1. The number of rotatable bonds is 6. The van der Waals surface area contributed by atoms with E-state index in [0.717, 1.165) is 11.3 Å². The molecule has 2 rings (SSSR count). The molecule has 0 radical (unpaired) electrons. The number of carboxylic acids is 1. The van der Waals surface area contributed by atoms with Gasteiger partial charge in [-0.25, -0.2) is 9.48 Å². The molecule has 0 bridgehead atoms. The SMILES string of the molecule is COC(CNC(=O)c1cnn(-c2ccccc2C)c1)C(=O)O. The van der Waals surface area contributed by atoms with Crippen molar-refractivity contribution in [2.45, 2.75) is 13.0 Å². The lowest BCUT2D eigenvalue weighted by molar-refractivity contribution is -0.148. The average Bonchev–Trinajstić information content (AvgIpc) is 2.97. The number of carboxylic acid groups (broad SMARTS) is 1. The number of nitrogens with zero attached hydrogens (tertiary/aromatic N) is 2. The molecule has 0 aliphatic heterocycles. The molecule has 0 saturated heterocycles. The van der Waals surface area contributed by atoms with Gasteiger partial charge in [0, 0.05) is 13.3 Å². The molecule has 22 heavy (non-hydrogen) atoms. The monoisotopic (exact) mass is 303 g/mol. The Bertz CT molecular complexity index is 681. The molecule has 1 unspecified atom stereocenters. The number of para-hydroxylation sites is 1. The van der Waals surface area contributed by atoms with Crippen molar-refractivity contribution in [3.63, 3.8) is 0 Å². The molecule has 0 aliphatic carbocycles. The summed E-state index contributed by atoms with van der Waals surface area (Å²) < 4.78 is 6.36. The number of hydrogen-bond donors (Lipinski definition) is 2. The highest BCUT2D eigenvalue weighted by Crippen LogP contribution is 2.13. The van der Waals surface area contributed by atoms with Gasteiger partial charge in [-0.3, -0.25) is 4.79 Å². The summed E-state index contributed by atoms with van der Waals surface area (Å²) in [6.07, 6.45) is 1.96. The van der Waals surface area contributed by atoms with Crippen LogP contribution in [-0.4, -0.2) is 46.5 Å². The molecule has 1 aromatic carbocycles. The van der Waals surface area contributed by atoms with Crippen LogP contribution in [-0.2, 0) is 9.53 Å². The molecule has 0 spiro atoms. The number of nitrogens with one attached hydrogen (secondary N) is 1. The van der Waals surface area contributed by atoms with E-state index in [2.05, 4.69) is 10.4 Å². The molecule has 7 nitrogen and oxygen atoms in total. The van der Waals surface area contributed by atoms with Crippen molar-refractivity contribution in [1.29, 1.82) is 0 Å². The minimum atomic E-state index is -1.13. The van der Waals surface area contributed by atoms with Crippen LogP contribution in [0.4, 0.5) is 0 Å². The lowest BCUT2D eigenvalue weighted by Crippen LogP contribution is -2.37. The van der Waals surface area contributed by atoms with Crippen LogP contribution < -0.4 is 5.32 Å². The van der Waals surface area contributed by atoms with Gasteiger partial charge in [-0.05, 0) is 18.6 Å².